The second-order valence-electron chi connectivity index (χ2n) is 5.85. The van der Waals surface area contributed by atoms with Gasteiger partial charge in [-0.05, 0) is 42.5 Å². The minimum Gasteiger partial charge on any atom is -0.465 e. The number of fused-ring (bicyclic) bond motifs is 1. The van der Waals surface area contributed by atoms with Crippen LogP contribution in [0, 0.1) is 0 Å². The summed E-state index contributed by atoms with van der Waals surface area (Å²) in [6.45, 7) is 0. The van der Waals surface area contributed by atoms with Gasteiger partial charge in [-0.3, -0.25) is 4.79 Å². The summed E-state index contributed by atoms with van der Waals surface area (Å²) in [6, 6.07) is 15.4. The molecule has 5 nitrogen and oxygen atoms in total. The molecule has 0 radical (unpaired) electrons. The van der Waals surface area contributed by atoms with Crippen LogP contribution in [0.4, 0.5) is 0 Å². The van der Waals surface area contributed by atoms with Crippen LogP contribution in [0.2, 0.25) is 5.02 Å². The van der Waals surface area contributed by atoms with Crippen molar-refractivity contribution >= 4 is 29.4 Å². The highest BCUT2D eigenvalue weighted by atomic mass is 35.5. The summed E-state index contributed by atoms with van der Waals surface area (Å²) in [6.07, 6.45) is 1.52. The van der Waals surface area contributed by atoms with Crippen LogP contribution in [-0.2, 0) is 4.74 Å². The second kappa shape index (κ2) is 6.78. The Morgan fingerprint density at radius 3 is 2.74 bits per heavy atom. The Labute approximate surface area is 159 Å². The molecule has 0 aliphatic carbocycles. The number of hydrogen-bond donors (Lipinski definition) is 0. The number of benzene rings is 2. The fourth-order valence-corrected chi connectivity index (χ4v) is 2.98. The van der Waals surface area contributed by atoms with Gasteiger partial charge in [0.05, 0.1) is 18.2 Å². The van der Waals surface area contributed by atoms with E-state index in [2.05, 4.69) is 4.74 Å². The normalized spacial score (nSPS) is 14.1. The van der Waals surface area contributed by atoms with E-state index in [1.807, 2.05) is 12.1 Å². The lowest BCUT2D eigenvalue weighted by Gasteiger charge is -2.00. The van der Waals surface area contributed by atoms with E-state index in [0.29, 0.717) is 27.9 Å². The zero-order chi connectivity index (χ0) is 19.0. The van der Waals surface area contributed by atoms with E-state index in [-0.39, 0.29) is 17.1 Å². The van der Waals surface area contributed by atoms with E-state index in [4.69, 9.17) is 20.8 Å². The summed E-state index contributed by atoms with van der Waals surface area (Å²) in [5, 5.41) is 0.606. The van der Waals surface area contributed by atoms with E-state index in [0.717, 1.165) is 5.56 Å². The molecule has 2 aromatic carbocycles. The Balaban J connectivity index is 1.62. The molecule has 0 spiro atoms. The summed E-state index contributed by atoms with van der Waals surface area (Å²) in [5.74, 6) is 0.769. The number of carbonyl (C=O) groups excluding carboxylic acids is 2. The lowest BCUT2D eigenvalue weighted by atomic mass is 10.1. The smallest absolute Gasteiger partial charge is 0.337 e. The fraction of sp³-hybridized carbons (Fsp3) is 0.0476. The summed E-state index contributed by atoms with van der Waals surface area (Å²) >= 11 is 6.00. The van der Waals surface area contributed by atoms with Crippen LogP contribution in [0.25, 0.3) is 17.4 Å². The highest BCUT2D eigenvalue weighted by molar-refractivity contribution is 6.30. The van der Waals surface area contributed by atoms with Crippen molar-refractivity contribution in [3.63, 3.8) is 0 Å². The van der Waals surface area contributed by atoms with Gasteiger partial charge in [0.15, 0.2) is 5.76 Å². The highest BCUT2D eigenvalue weighted by Crippen LogP contribution is 2.33. The zero-order valence-corrected chi connectivity index (χ0v) is 14.9. The van der Waals surface area contributed by atoms with E-state index >= 15 is 0 Å². The predicted molar refractivity (Wildman–Crippen MR) is 99.9 cm³/mol. The molecule has 1 aromatic heterocycles. The molecular formula is C21H13ClO5. The van der Waals surface area contributed by atoms with Gasteiger partial charge >= 0.3 is 5.97 Å². The van der Waals surface area contributed by atoms with Crippen LogP contribution in [0.5, 0.6) is 5.75 Å². The van der Waals surface area contributed by atoms with Crippen molar-refractivity contribution in [2.24, 2.45) is 0 Å². The third kappa shape index (κ3) is 3.25. The van der Waals surface area contributed by atoms with Crippen LogP contribution >= 0.6 is 11.6 Å². The molecule has 27 heavy (non-hydrogen) atoms. The third-order valence-corrected chi connectivity index (χ3v) is 4.33. The number of Topliss-reactive ketones (excluding diaryl/α,β-unsaturated/α-hetero) is 1. The van der Waals surface area contributed by atoms with Crippen LogP contribution in [0.15, 0.2) is 64.8 Å². The third-order valence-electron chi connectivity index (χ3n) is 4.10. The average molecular weight is 381 g/mol. The van der Waals surface area contributed by atoms with Crippen molar-refractivity contribution in [2.45, 2.75) is 0 Å². The van der Waals surface area contributed by atoms with Gasteiger partial charge in [0, 0.05) is 16.7 Å². The number of ether oxygens (including phenoxy) is 2. The predicted octanol–water partition coefficient (Wildman–Crippen LogP) is 5.00. The van der Waals surface area contributed by atoms with Crippen molar-refractivity contribution < 1.29 is 23.5 Å². The minimum atomic E-state index is -0.514. The molecule has 4 rings (SSSR count). The number of rotatable bonds is 3. The van der Waals surface area contributed by atoms with Crippen LogP contribution in [0.3, 0.4) is 0 Å². The number of allylic oxidation sites excluding steroid dienone is 1. The van der Waals surface area contributed by atoms with Gasteiger partial charge in [-0.15, -0.1) is 0 Å². The minimum absolute atomic E-state index is 0.124. The van der Waals surface area contributed by atoms with Gasteiger partial charge in [-0.1, -0.05) is 23.7 Å². The van der Waals surface area contributed by atoms with Crippen molar-refractivity contribution in [1.29, 1.82) is 0 Å². The molecular weight excluding hydrogens is 368 g/mol. The molecule has 0 saturated heterocycles. The van der Waals surface area contributed by atoms with Gasteiger partial charge in [-0.25, -0.2) is 4.79 Å². The van der Waals surface area contributed by atoms with Crippen molar-refractivity contribution in [3.8, 4) is 17.1 Å². The number of halogens is 1. The molecule has 0 fully saturated rings. The number of esters is 1. The Kier molecular flexibility index (Phi) is 4.30. The Bertz CT molecular complexity index is 1090. The molecule has 0 unspecified atom stereocenters. The van der Waals surface area contributed by atoms with E-state index in [1.165, 1.54) is 19.3 Å². The summed E-state index contributed by atoms with van der Waals surface area (Å²) in [5.41, 5.74) is 1.43. The quantitative estimate of drug-likeness (QED) is 0.472. The molecule has 0 amide bonds. The first-order valence-electron chi connectivity index (χ1n) is 8.07. The fourth-order valence-electron chi connectivity index (χ4n) is 2.79. The van der Waals surface area contributed by atoms with E-state index in [9.17, 15) is 9.59 Å². The lowest BCUT2D eigenvalue weighted by Crippen LogP contribution is -2.02. The molecule has 0 N–H and O–H groups in total. The van der Waals surface area contributed by atoms with Gasteiger partial charge in [0.2, 0.25) is 5.78 Å². The second-order valence-corrected chi connectivity index (χ2v) is 6.29. The lowest BCUT2D eigenvalue weighted by molar-refractivity contribution is 0.0600. The largest absolute Gasteiger partial charge is 0.465 e. The SMILES string of the molecule is COC(=O)c1ccc2c(c1)C(=O)/C(=C/c1ccc(-c3cccc(Cl)c3)o1)O2. The zero-order valence-electron chi connectivity index (χ0n) is 14.2. The van der Waals surface area contributed by atoms with Crippen molar-refractivity contribution in [2.75, 3.05) is 7.11 Å². The first-order valence-corrected chi connectivity index (χ1v) is 8.45. The maximum Gasteiger partial charge on any atom is 0.337 e. The van der Waals surface area contributed by atoms with Crippen molar-refractivity contribution in [1.82, 2.24) is 0 Å². The molecule has 1 aliphatic heterocycles. The van der Waals surface area contributed by atoms with Crippen LogP contribution in [0.1, 0.15) is 26.5 Å². The first kappa shape index (κ1) is 17.1. The Morgan fingerprint density at radius 1 is 1.11 bits per heavy atom. The molecule has 0 saturated carbocycles. The Morgan fingerprint density at radius 2 is 1.96 bits per heavy atom. The van der Waals surface area contributed by atoms with Gasteiger partial charge < -0.3 is 13.9 Å². The van der Waals surface area contributed by atoms with Crippen LogP contribution in [-0.4, -0.2) is 18.9 Å². The van der Waals surface area contributed by atoms with Crippen LogP contribution < -0.4 is 4.74 Å². The van der Waals surface area contributed by atoms with E-state index in [1.54, 1.807) is 36.4 Å². The maximum atomic E-state index is 12.6. The topological polar surface area (TPSA) is 65.7 Å². The van der Waals surface area contributed by atoms with Gasteiger partial charge in [0.1, 0.15) is 17.3 Å². The molecule has 2 heterocycles. The standard InChI is InChI=1S/C21H13ClO5/c1-25-21(24)13-5-7-18-16(10-13)20(23)19(27-18)11-15-6-8-17(26-15)12-3-2-4-14(22)9-12/h2-11H,1H3/b19-11-. The van der Waals surface area contributed by atoms with Gasteiger partial charge in [0.25, 0.3) is 0 Å². The summed E-state index contributed by atoms with van der Waals surface area (Å²) < 4.78 is 16.1. The molecule has 134 valence electrons. The first-order chi connectivity index (χ1) is 13.0. The number of hydrogen-bond acceptors (Lipinski definition) is 5. The number of carbonyl (C=O) groups is 2. The average Bonchev–Trinajstić information content (AvgIpc) is 3.26. The summed E-state index contributed by atoms with van der Waals surface area (Å²) in [4.78, 5) is 24.2. The number of furan rings is 1. The molecule has 0 atom stereocenters. The molecule has 6 heteroatoms. The monoisotopic (exact) mass is 380 g/mol. The number of ketones is 1. The maximum absolute atomic E-state index is 12.6. The molecule has 3 aromatic rings. The number of methoxy groups -OCH3 is 1. The van der Waals surface area contributed by atoms with E-state index < -0.39 is 5.97 Å². The summed E-state index contributed by atoms with van der Waals surface area (Å²) in [7, 11) is 1.29. The highest BCUT2D eigenvalue weighted by Gasteiger charge is 2.29. The van der Waals surface area contributed by atoms with Crippen molar-refractivity contribution in [3.05, 3.63) is 82.3 Å². The molecule has 1 aliphatic rings. The Hall–Kier alpha value is -3.31. The molecule has 0 bridgehead atoms. The van der Waals surface area contributed by atoms with Gasteiger partial charge in [-0.2, -0.15) is 0 Å².